The number of imidazole rings is 2. The first-order valence-electron chi connectivity index (χ1n) is 16.9. The lowest BCUT2D eigenvalue weighted by molar-refractivity contribution is 0.479. The molecule has 12 rings (SSSR count). The van der Waals surface area contributed by atoms with Crippen molar-refractivity contribution in [3.8, 4) is 39.8 Å². The van der Waals surface area contributed by atoms with E-state index < -0.39 is 0 Å². The SMILES string of the molecule is c1ccc2c(c1)Oc1cc(-n3c4ccccc4c4ccccc43)cc3c1B2Oc1cc(-n2c4ccccc4n4c5ccccc5nc24)ccc1-3. The molecule has 0 atom stereocenters. The van der Waals surface area contributed by atoms with Crippen molar-refractivity contribution in [1.82, 2.24) is 18.5 Å². The van der Waals surface area contributed by atoms with Gasteiger partial charge >= 0.3 is 6.92 Å². The van der Waals surface area contributed by atoms with Gasteiger partial charge < -0.3 is 14.0 Å². The van der Waals surface area contributed by atoms with Crippen LogP contribution in [-0.2, 0) is 0 Å². The zero-order valence-corrected chi connectivity index (χ0v) is 26.6. The average molecular weight is 641 g/mol. The highest BCUT2D eigenvalue weighted by atomic mass is 16.5. The van der Waals surface area contributed by atoms with Gasteiger partial charge in [-0.3, -0.25) is 8.97 Å². The Hall–Kier alpha value is -6.73. The average Bonchev–Trinajstić information content (AvgIpc) is 3.81. The summed E-state index contributed by atoms with van der Waals surface area (Å²) < 4.78 is 20.6. The first-order chi connectivity index (χ1) is 24.8. The largest absolute Gasteiger partial charge is 0.551 e. The molecule has 0 spiro atoms. The predicted octanol–water partition coefficient (Wildman–Crippen LogP) is 8.80. The molecule has 0 fully saturated rings. The zero-order chi connectivity index (χ0) is 32.5. The molecule has 0 bridgehead atoms. The van der Waals surface area contributed by atoms with E-state index in [9.17, 15) is 0 Å². The van der Waals surface area contributed by atoms with Gasteiger partial charge in [0, 0.05) is 39.4 Å². The van der Waals surface area contributed by atoms with Crippen LogP contribution in [0.5, 0.6) is 17.2 Å². The molecule has 0 radical (unpaired) electrons. The summed E-state index contributed by atoms with van der Waals surface area (Å²) >= 11 is 0. The van der Waals surface area contributed by atoms with Crippen LogP contribution >= 0.6 is 0 Å². The second-order valence-corrected chi connectivity index (χ2v) is 13.2. The van der Waals surface area contributed by atoms with Crippen LogP contribution in [0.1, 0.15) is 0 Å². The van der Waals surface area contributed by atoms with Crippen LogP contribution in [0, 0.1) is 0 Å². The number of aromatic nitrogens is 4. The summed E-state index contributed by atoms with van der Waals surface area (Å²) in [5.74, 6) is 3.34. The standard InChI is InChI=1S/C43H25BN4O2/c1-5-15-34-28(11-1)29-12-2-6-16-35(29)46(34)27-23-31-30-22-21-26(24-40(30)50-44-32-13-3-10-20-39(32)49-41(25-27)42(31)44)47-37-18-8-9-19-38(37)48-36-17-7-4-14-33(36)45-43(47)48/h1-25H. The molecule has 2 aliphatic rings. The molecule has 2 aliphatic heterocycles. The maximum Gasteiger partial charge on any atom is 0.434 e. The summed E-state index contributed by atoms with van der Waals surface area (Å²) in [6, 6.07) is 53.3. The Balaban J connectivity index is 1.13. The summed E-state index contributed by atoms with van der Waals surface area (Å²) in [5.41, 5.74) is 12.8. The van der Waals surface area contributed by atoms with Gasteiger partial charge in [0.2, 0.25) is 5.78 Å². The minimum absolute atomic E-state index is 0.310. The second-order valence-electron chi connectivity index (χ2n) is 13.2. The molecule has 50 heavy (non-hydrogen) atoms. The number of rotatable bonds is 2. The zero-order valence-electron chi connectivity index (χ0n) is 26.6. The minimum atomic E-state index is -0.310. The Kier molecular flexibility index (Phi) is 4.96. The second kappa shape index (κ2) is 9.46. The van der Waals surface area contributed by atoms with Gasteiger partial charge in [0.25, 0.3) is 0 Å². The van der Waals surface area contributed by atoms with Gasteiger partial charge in [-0.05, 0) is 66.2 Å². The fraction of sp³-hybridized carbons (Fsp3) is 0. The van der Waals surface area contributed by atoms with Crippen molar-refractivity contribution in [3.63, 3.8) is 0 Å². The van der Waals surface area contributed by atoms with E-state index in [1.54, 1.807) is 0 Å². The molecule has 232 valence electrons. The molecule has 3 aromatic heterocycles. The van der Waals surface area contributed by atoms with Crippen LogP contribution < -0.4 is 20.3 Å². The van der Waals surface area contributed by atoms with E-state index >= 15 is 0 Å². The van der Waals surface area contributed by atoms with E-state index in [1.807, 2.05) is 18.2 Å². The van der Waals surface area contributed by atoms with Crippen LogP contribution in [0.2, 0.25) is 0 Å². The molecule has 10 aromatic rings. The lowest BCUT2D eigenvalue weighted by Crippen LogP contribution is -2.53. The number of nitrogens with zero attached hydrogens (tertiary/aromatic N) is 4. The summed E-state index contributed by atoms with van der Waals surface area (Å²) in [6.07, 6.45) is 0. The van der Waals surface area contributed by atoms with Crippen molar-refractivity contribution >= 4 is 67.5 Å². The summed E-state index contributed by atoms with van der Waals surface area (Å²) in [7, 11) is 0. The number of benzene rings is 7. The summed E-state index contributed by atoms with van der Waals surface area (Å²) in [5, 5.41) is 2.45. The van der Waals surface area contributed by atoms with Crippen LogP contribution in [-0.4, -0.2) is 25.4 Å². The number of hydrogen-bond acceptors (Lipinski definition) is 3. The molecule has 0 saturated heterocycles. The van der Waals surface area contributed by atoms with Crippen molar-refractivity contribution in [2.45, 2.75) is 0 Å². The quantitative estimate of drug-likeness (QED) is 0.178. The van der Waals surface area contributed by atoms with E-state index in [-0.39, 0.29) is 6.92 Å². The lowest BCUT2D eigenvalue weighted by Gasteiger charge is -2.33. The third-order valence-electron chi connectivity index (χ3n) is 10.5. The third kappa shape index (κ3) is 3.35. The van der Waals surface area contributed by atoms with Crippen LogP contribution in [0.15, 0.2) is 152 Å². The van der Waals surface area contributed by atoms with Gasteiger partial charge in [-0.2, -0.15) is 0 Å². The van der Waals surface area contributed by atoms with Crippen molar-refractivity contribution < 1.29 is 9.39 Å². The number of para-hydroxylation sites is 7. The highest BCUT2D eigenvalue weighted by molar-refractivity contribution is 6.84. The van der Waals surface area contributed by atoms with Crippen molar-refractivity contribution in [1.29, 1.82) is 0 Å². The van der Waals surface area contributed by atoms with Crippen molar-refractivity contribution in [2.24, 2.45) is 0 Å². The fourth-order valence-corrected chi connectivity index (χ4v) is 8.41. The molecule has 5 heterocycles. The van der Waals surface area contributed by atoms with Gasteiger partial charge in [-0.15, -0.1) is 0 Å². The molecule has 0 unspecified atom stereocenters. The van der Waals surface area contributed by atoms with Gasteiger partial charge in [0.15, 0.2) is 0 Å². The first kappa shape index (κ1) is 26.3. The van der Waals surface area contributed by atoms with Crippen LogP contribution in [0.4, 0.5) is 0 Å². The van der Waals surface area contributed by atoms with Crippen molar-refractivity contribution in [2.75, 3.05) is 0 Å². The Labute approximate surface area is 286 Å². The minimum Gasteiger partial charge on any atom is -0.551 e. The van der Waals surface area contributed by atoms with Crippen LogP contribution in [0.25, 0.3) is 72.2 Å². The Morgan fingerprint density at radius 1 is 0.480 bits per heavy atom. The monoisotopic (exact) mass is 640 g/mol. The molecular weight excluding hydrogens is 615 g/mol. The highest BCUT2D eigenvalue weighted by Gasteiger charge is 2.41. The smallest absolute Gasteiger partial charge is 0.434 e. The van der Waals surface area contributed by atoms with Gasteiger partial charge in [0.05, 0.1) is 44.5 Å². The highest BCUT2D eigenvalue weighted by Crippen LogP contribution is 2.43. The Morgan fingerprint density at radius 2 is 1.14 bits per heavy atom. The summed E-state index contributed by atoms with van der Waals surface area (Å²) in [4.78, 5) is 5.11. The summed E-state index contributed by atoms with van der Waals surface area (Å²) in [6.45, 7) is -0.310. The van der Waals surface area contributed by atoms with E-state index in [1.165, 1.54) is 10.8 Å². The van der Waals surface area contributed by atoms with Gasteiger partial charge in [0.1, 0.15) is 17.2 Å². The maximum absolute atomic E-state index is 7.03. The van der Waals surface area contributed by atoms with E-state index in [2.05, 4.69) is 147 Å². The van der Waals surface area contributed by atoms with Gasteiger partial charge in [-0.25, -0.2) is 4.98 Å². The third-order valence-corrected chi connectivity index (χ3v) is 10.5. The predicted molar refractivity (Wildman–Crippen MR) is 201 cm³/mol. The van der Waals surface area contributed by atoms with E-state index in [4.69, 9.17) is 14.4 Å². The molecule has 0 amide bonds. The molecule has 7 heteroatoms. The Bertz CT molecular complexity index is 3030. The maximum atomic E-state index is 7.03. The Morgan fingerprint density at radius 3 is 1.96 bits per heavy atom. The van der Waals surface area contributed by atoms with E-state index in [0.717, 1.165) is 89.6 Å². The molecule has 7 aromatic carbocycles. The first-order valence-corrected chi connectivity index (χ1v) is 16.9. The lowest BCUT2D eigenvalue weighted by atomic mass is 9.51. The van der Waals surface area contributed by atoms with Gasteiger partial charge in [-0.1, -0.05) is 78.9 Å². The molecule has 0 N–H and O–H groups in total. The topological polar surface area (TPSA) is 45.6 Å². The molecule has 6 nitrogen and oxygen atoms in total. The number of hydrogen-bond donors (Lipinski definition) is 0. The van der Waals surface area contributed by atoms with E-state index in [0.29, 0.717) is 0 Å². The fourth-order valence-electron chi connectivity index (χ4n) is 8.41. The number of ether oxygens (including phenoxy) is 1. The van der Waals surface area contributed by atoms with Crippen molar-refractivity contribution in [3.05, 3.63) is 152 Å². The van der Waals surface area contributed by atoms with Crippen LogP contribution in [0.3, 0.4) is 0 Å². The molecular formula is C43H25BN4O2. The molecule has 0 aliphatic carbocycles. The normalized spacial score (nSPS) is 13.1. The number of fused-ring (bicyclic) bond motifs is 12. The molecule has 0 saturated carbocycles.